The van der Waals surface area contributed by atoms with E-state index in [4.69, 9.17) is 11.6 Å². The molecule has 2 aromatic carbocycles. The van der Waals surface area contributed by atoms with Crippen molar-refractivity contribution in [1.29, 1.82) is 0 Å². The topological polar surface area (TPSA) is 17.1 Å². The lowest BCUT2D eigenvalue weighted by molar-refractivity contribution is -0.109. The minimum atomic E-state index is -1.08. The molecule has 0 radical (unpaired) electrons. The van der Waals surface area contributed by atoms with Crippen molar-refractivity contribution in [3.63, 3.8) is 0 Å². The minimum absolute atomic E-state index is 0.777. The van der Waals surface area contributed by atoms with E-state index >= 15 is 0 Å². The number of benzene rings is 2. The molecule has 2 aromatic rings. The van der Waals surface area contributed by atoms with Crippen molar-refractivity contribution in [2.75, 3.05) is 0 Å². The van der Waals surface area contributed by atoms with E-state index in [0.29, 0.717) is 0 Å². The van der Waals surface area contributed by atoms with Crippen LogP contribution >= 0.6 is 11.6 Å². The van der Waals surface area contributed by atoms with Crippen molar-refractivity contribution in [2.45, 2.75) is 4.87 Å². The molecule has 0 unspecified atom stereocenters. The van der Waals surface area contributed by atoms with Gasteiger partial charge in [-0.05, 0) is 11.1 Å². The van der Waals surface area contributed by atoms with Gasteiger partial charge in [-0.15, -0.1) is 11.6 Å². The molecule has 1 nitrogen and oxygen atoms in total. The van der Waals surface area contributed by atoms with Crippen LogP contribution < -0.4 is 0 Å². The van der Waals surface area contributed by atoms with Gasteiger partial charge in [-0.1, -0.05) is 60.7 Å². The Morgan fingerprint density at radius 3 is 1.50 bits per heavy atom. The van der Waals surface area contributed by atoms with Crippen molar-refractivity contribution in [2.24, 2.45) is 0 Å². The zero-order valence-corrected chi connectivity index (χ0v) is 9.39. The summed E-state index contributed by atoms with van der Waals surface area (Å²) in [4.78, 5) is 10.2. The highest BCUT2D eigenvalue weighted by Gasteiger charge is 2.30. The summed E-state index contributed by atoms with van der Waals surface area (Å²) in [6, 6.07) is 18.7. The lowest BCUT2D eigenvalue weighted by atomic mass is 9.92. The van der Waals surface area contributed by atoms with Crippen LogP contribution in [-0.4, -0.2) is 6.29 Å². The van der Waals surface area contributed by atoms with E-state index in [0.717, 1.165) is 17.4 Å². The Morgan fingerprint density at radius 1 is 0.812 bits per heavy atom. The summed E-state index contributed by atoms with van der Waals surface area (Å²) in [7, 11) is 0. The first kappa shape index (κ1) is 10.9. The number of carbonyl (C=O) groups excluding carboxylic acids is 1. The first-order valence-corrected chi connectivity index (χ1v) is 5.41. The largest absolute Gasteiger partial charge is 0.301 e. The summed E-state index contributed by atoms with van der Waals surface area (Å²) >= 11 is 6.41. The standard InChI is InChI=1S/C14H11ClO/c15-14(11-16,12-7-3-1-4-8-12)13-9-5-2-6-10-13/h1-11H. The number of alkyl halides is 1. The molecule has 0 aliphatic carbocycles. The van der Waals surface area contributed by atoms with Gasteiger partial charge >= 0.3 is 0 Å². The Labute approximate surface area is 99.7 Å². The molecule has 0 aromatic heterocycles. The van der Waals surface area contributed by atoms with Crippen molar-refractivity contribution >= 4 is 17.9 Å². The first-order valence-electron chi connectivity index (χ1n) is 5.03. The number of carbonyl (C=O) groups is 1. The fraction of sp³-hybridized carbons (Fsp3) is 0.0714. The molecule has 0 heterocycles. The summed E-state index contributed by atoms with van der Waals surface area (Å²) in [5.74, 6) is 0. The lowest BCUT2D eigenvalue weighted by Crippen LogP contribution is -2.21. The van der Waals surface area contributed by atoms with Gasteiger partial charge in [-0.3, -0.25) is 0 Å². The monoisotopic (exact) mass is 230 g/mol. The van der Waals surface area contributed by atoms with Gasteiger partial charge in [0.1, 0.15) is 11.2 Å². The highest BCUT2D eigenvalue weighted by atomic mass is 35.5. The maximum Gasteiger partial charge on any atom is 0.149 e. The Morgan fingerprint density at radius 2 is 1.19 bits per heavy atom. The second kappa shape index (κ2) is 4.50. The number of halogens is 1. The maximum absolute atomic E-state index is 11.3. The number of hydrogen-bond donors (Lipinski definition) is 0. The molecule has 0 fully saturated rings. The minimum Gasteiger partial charge on any atom is -0.301 e. The van der Waals surface area contributed by atoms with Gasteiger partial charge in [-0.25, -0.2) is 0 Å². The molecule has 0 saturated carbocycles. The summed E-state index contributed by atoms with van der Waals surface area (Å²) in [6.45, 7) is 0. The zero-order chi connectivity index (χ0) is 11.4. The van der Waals surface area contributed by atoms with E-state index in [1.807, 2.05) is 60.7 Å². The van der Waals surface area contributed by atoms with Crippen LogP contribution in [0.4, 0.5) is 0 Å². The van der Waals surface area contributed by atoms with Gasteiger partial charge < -0.3 is 4.79 Å². The quantitative estimate of drug-likeness (QED) is 0.584. The van der Waals surface area contributed by atoms with Crippen molar-refractivity contribution in [3.8, 4) is 0 Å². The summed E-state index contributed by atoms with van der Waals surface area (Å²) < 4.78 is 0. The van der Waals surface area contributed by atoms with E-state index in [1.165, 1.54) is 0 Å². The Kier molecular flexibility index (Phi) is 3.07. The average Bonchev–Trinajstić information content (AvgIpc) is 2.40. The maximum atomic E-state index is 11.3. The van der Waals surface area contributed by atoms with Crippen LogP contribution in [-0.2, 0) is 9.67 Å². The number of aldehydes is 1. The molecule has 0 amide bonds. The van der Waals surface area contributed by atoms with Crippen LogP contribution in [0.3, 0.4) is 0 Å². The van der Waals surface area contributed by atoms with Gasteiger partial charge in [0.15, 0.2) is 0 Å². The Balaban J connectivity index is 2.53. The van der Waals surface area contributed by atoms with Gasteiger partial charge in [0.05, 0.1) is 0 Å². The van der Waals surface area contributed by atoms with E-state index in [9.17, 15) is 4.79 Å². The van der Waals surface area contributed by atoms with E-state index < -0.39 is 4.87 Å². The summed E-state index contributed by atoms with van der Waals surface area (Å²) in [6.07, 6.45) is 0.777. The second-order valence-electron chi connectivity index (χ2n) is 3.56. The van der Waals surface area contributed by atoms with Crippen LogP contribution in [0, 0.1) is 0 Å². The fourth-order valence-corrected chi connectivity index (χ4v) is 1.92. The van der Waals surface area contributed by atoms with Crippen LogP contribution in [0.25, 0.3) is 0 Å². The third kappa shape index (κ3) is 1.86. The van der Waals surface area contributed by atoms with E-state index in [2.05, 4.69) is 0 Å². The van der Waals surface area contributed by atoms with Gasteiger partial charge in [0.2, 0.25) is 0 Å². The Hall–Kier alpha value is -1.60. The average molecular weight is 231 g/mol. The highest BCUT2D eigenvalue weighted by Crippen LogP contribution is 2.34. The predicted molar refractivity (Wildman–Crippen MR) is 65.6 cm³/mol. The van der Waals surface area contributed by atoms with E-state index in [-0.39, 0.29) is 0 Å². The highest BCUT2D eigenvalue weighted by molar-refractivity contribution is 6.33. The third-order valence-electron chi connectivity index (χ3n) is 2.55. The first-order chi connectivity index (χ1) is 7.77. The van der Waals surface area contributed by atoms with Gasteiger partial charge in [0.25, 0.3) is 0 Å². The van der Waals surface area contributed by atoms with Gasteiger partial charge in [0, 0.05) is 0 Å². The molecule has 16 heavy (non-hydrogen) atoms. The number of rotatable bonds is 3. The van der Waals surface area contributed by atoms with Crippen molar-refractivity contribution < 1.29 is 4.79 Å². The molecule has 0 spiro atoms. The molecule has 0 aliphatic heterocycles. The lowest BCUT2D eigenvalue weighted by Gasteiger charge is -2.21. The third-order valence-corrected chi connectivity index (χ3v) is 3.08. The molecule has 0 N–H and O–H groups in total. The summed E-state index contributed by atoms with van der Waals surface area (Å²) in [5, 5.41) is 0. The van der Waals surface area contributed by atoms with Crippen LogP contribution in [0.1, 0.15) is 11.1 Å². The van der Waals surface area contributed by atoms with Crippen LogP contribution in [0.15, 0.2) is 60.7 Å². The summed E-state index contributed by atoms with van der Waals surface area (Å²) in [5.41, 5.74) is 1.58. The van der Waals surface area contributed by atoms with Crippen LogP contribution in [0.5, 0.6) is 0 Å². The molecule has 0 atom stereocenters. The normalized spacial score (nSPS) is 11.1. The molecule has 2 rings (SSSR count). The Bertz CT molecular complexity index is 425. The van der Waals surface area contributed by atoms with E-state index in [1.54, 1.807) is 0 Å². The fourth-order valence-electron chi connectivity index (χ4n) is 1.66. The molecular weight excluding hydrogens is 220 g/mol. The molecular formula is C14H11ClO. The predicted octanol–water partition coefficient (Wildman–Crippen LogP) is 3.37. The smallest absolute Gasteiger partial charge is 0.149 e. The number of hydrogen-bond acceptors (Lipinski definition) is 1. The van der Waals surface area contributed by atoms with Crippen molar-refractivity contribution in [3.05, 3.63) is 71.8 Å². The van der Waals surface area contributed by atoms with Gasteiger partial charge in [-0.2, -0.15) is 0 Å². The van der Waals surface area contributed by atoms with Crippen LogP contribution in [0.2, 0.25) is 0 Å². The molecule has 0 saturated heterocycles. The molecule has 0 aliphatic rings. The SMILES string of the molecule is O=CC(Cl)(c1ccccc1)c1ccccc1. The molecule has 0 bridgehead atoms. The van der Waals surface area contributed by atoms with Crippen molar-refractivity contribution in [1.82, 2.24) is 0 Å². The molecule has 2 heteroatoms. The zero-order valence-electron chi connectivity index (χ0n) is 8.64. The second-order valence-corrected chi connectivity index (χ2v) is 4.16. The molecule has 80 valence electrons.